The summed E-state index contributed by atoms with van der Waals surface area (Å²) in [6, 6.07) is 1.85. The van der Waals surface area contributed by atoms with Gasteiger partial charge in [-0.05, 0) is 19.1 Å². The van der Waals surface area contributed by atoms with Crippen molar-refractivity contribution in [3.8, 4) is 0 Å². The Morgan fingerprint density at radius 2 is 2.41 bits per heavy atom. The first-order valence-corrected chi connectivity index (χ1v) is 5.11. The predicted octanol–water partition coefficient (Wildman–Crippen LogP) is 0.736. The number of aliphatic carboxylic acids is 1. The van der Waals surface area contributed by atoms with Crippen molar-refractivity contribution in [1.29, 1.82) is 0 Å². The number of fused-ring (bicyclic) bond motifs is 1. The SMILES string of the molecule is Cc1c(CC(N)C(=O)O)nc2c(F)cccn12. The van der Waals surface area contributed by atoms with E-state index >= 15 is 0 Å². The Balaban J connectivity index is 2.46. The summed E-state index contributed by atoms with van der Waals surface area (Å²) in [6.45, 7) is 1.75. The van der Waals surface area contributed by atoms with Gasteiger partial charge < -0.3 is 15.2 Å². The van der Waals surface area contributed by atoms with Crippen LogP contribution in [0.25, 0.3) is 5.65 Å². The number of rotatable bonds is 3. The number of carboxylic acid groups (broad SMARTS) is 1. The van der Waals surface area contributed by atoms with Crippen LogP contribution in [0.15, 0.2) is 18.3 Å². The van der Waals surface area contributed by atoms with E-state index in [-0.39, 0.29) is 12.1 Å². The Kier molecular flexibility index (Phi) is 2.81. The van der Waals surface area contributed by atoms with E-state index in [1.54, 1.807) is 23.6 Å². The van der Waals surface area contributed by atoms with Crippen LogP contribution >= 0.6 is 0 Å². The summed E-state index contributed by atoms with van der Waals surface area (Å²) in [7, 11) is 0. The summed E-state index contributed by atoms with van der Waals surface area (Å²) in [5.74, 6) is -1.53. The van der Waals surface area contributed by atoms with Gasteiger partial charge in [0.25, 0.3) is 0 Å². The number of aromatic nitrogens is 2. The molecule has 0 aliphatic rings. The maximum absolute atomic E-state index is 13.4. The van der Waals surface area contributed by atoms with Crippen molar-refractivity contribution < 1.29 is 14.3 Å². The number of carboxylic acids is 1. The highest BCUT2D eigenvalue weighted by Crippen LogP contribution is 2.15. The summed E-state index contributed by atoms with van der Waals surface area (Å²) in [5, 5.41) is 8.73. The molecule has 17 heavy (non-hydrogen) atoms. The first-order chi connectivity index (χ1) is 8.00. The van der Waals surface area contributed by atoms with Gasteiger partial charge >= 0.3 is 5.97 Å². The molecule has 2 heterocycles. The summed E-state index contributed by atoms with van der Waals surface area (Å²) < 4.78 is 15.0. The van der Waals surface area contributed by atoms with E-state index in [9.17, 15) is 9.18 Å². The Hall–Kier alpha value is -1.95. The van der Waals surface area contributed by atoms with E-state index in [1.807, 2.05) is 0 Å². The zero-order valence-corrected chi connectivity index (χ0v) is 9.22. The minimum Gasteiger partial charge on any atom is -0.480 e. The number of aryl methyl sites for hydroxylation is 1. The van der Waals surface area contributed by atoms with Crippen molar-refractivity contribution in [2.45, 2.75) is 19.4 Å². The van der Waals surface area contributed by atoms with Gasteiger partial charge in [-0.25, -0.2) is 9.37 Å². The van der Waals surface area contributed by atoms with Gasteiger partial charge in [0, 0.05) is 18.3 Å². The van der Waals surface area contributed by atoms with Crippen LogP contribution in [-0.4, -0.2) is 26.5 Å². The molecule has 3 N–H and O–H groups in total. The average Bonchev–Trinajstić information content (AvgIpc) is 2.58. The lowest BCUT2D eigenvalue weighted by Crippen LogP contribution is -2.32. The number of imidazole rings is 1. The lowest BCUT2D eigenvalue weighted by atomic mass is 10.1. The topological polar surface area (TPSA) is 80.6 Å². The zero-order valence-electron chi connectivity index (χ0n) is 9.22. The molecule has 0 bridgehead atoms. The van der Waals surface area contributed by atoms with Crippen molar-refractivity contribution in [3.05, 3.63) is 35.5 Å². The molecule has 0 saturated heterocycles. The van der Waals surface area contributed by atoms with E-state index in [4.69, 9.17) is 10.8 Å². The van der Waals surface area contributed by atoms with Crippen molar-refractivity contribution in [1.82, 2.24) is 9.38 Å². The van der Waals surface area contributed by atoms with Crippen molar-refractivity contribution >= 4 is 11.6 Å². The van der Waals surface area contributed by atoms with Crippen LogP contribution < -0.4 is 5.73 Å². The van der Waals surface area contributed by atoms with Crippen LogP contribution in [0.5, 0.6) is 0 Å². The van der Waals surface area contributed by atoms with Crippen molar-refractivity contribution in [3.63, 3.8) is 0 Å². The monoisotopic (exact) mass is 237 g/mol. The fourth-order valence-corrected chi connectivity index (χ4v) is 1.69. The molecule has 2 aromatic rings. The minimum atomic E-state index is -1.10. The van der Waals surface area contributed by atoms with Gasteiger partial charge in [0.05, 0.1) is 5.69 Å². The summed E-state index contributed by atoms with van der Waals surface area (Å²) in [5.41, 5.74) is 6.84. The minimum absolute atomic E-state index is 0.0856. The van der Waals surface area contributed by atoms with Crippen LogP contribution in [0, 0.1) is 12.7 Å². The smallest absolute Gasteiger partial charge is 0.320 e. The standard InChI is InChI=1S/C11H12FN3O2/c1-6-9(5-8(13)11(16)17)14-10-7(12)3-2-4-15(6)10/h2-4,8H,5,13H2,1H3,(H,16,17). The number of carbonyl (C=O) groups is 1. The highest BCUT2D eigenvalue weighted by Gasteiger charge is 2.18. The molecule has 1 atom stereocenters. The first kappa shape index (κ1) is 11.5. The first-order valence-electron chi connectivity index (χ1n) is 5.11. The van der Waals surface area contributed by atoms with E-state index in [1.165, 1.54) is 6.07 Å². The van der Waals surface area contributed by atoms with Crippen LogP contribution in [0.2, 0.25) is 0 Å². The predicted molar refractivity (Wildman–Crippen MR) is 59.2 cm³/mol. The maximum atomic E-state index is 13.4. The molecular formula is C11H12FN3O2. The number of hydrogen-bond donors (Lipinski definition) is 2. The third-order valence-electron chi connectivity index (χ3n) is 2.67. The summed E-state index contributed by atoms with van der Waals surface area (Å²) >= 11 is 0. The molecular weight excluding hydrogens is 225 g/mol. The molecule has 0 amide bonds. The highest BCUT2D eigenvalue weighted by molar-refractivity contribution is 5.73. The van der Waals surface area contributed by atoms with Crippen LogP contribution in [0.4, 0.5) is 4.39 Å². The van der Waals surface area contributed by atoms with Gasteiger partial charge in [-0.1, -0.05) is 0 Å². The van der Waals surface area contributed by atoms with E-state index in [2.05, 4.69) is 4.98 Å². The van der Waals surface area contributed by atoms with E-state index in [0.29, 0.717) is 11.4 Å². The largest absolute Gasteiger partial charge is 0.480 e. The fourth-order valence-electron chi connectivity index (χ4n) is 1.69. The number of hydrogen-bond acceptors (Lipinski definition) is 3. The van der Waals surface area contributed by atoms with Gasteiger partial charge in [0.2, 0.25) is 0 Å². The molecule has 0 radical (unpaired) electrons. The zero-order chi connectivity index (χ0) is 12.6. The molecule has 0 spiro atoms. The third kappa shape index (κ3) is 1.99. The second kappa shape index (κ2) is 4.14. The Labute approximate surface area is 96.7 Å². The van der Waals surface area contributed by atoms with Crippen LogP contribution in [0.3, 0.4) is 0 Å². The number of pyridine rings is 1. The van der Waals surface area contributed by atoms with Gasteiger partial charge in [-0.3, -0.25) is 4.79 Å². The van der Waals surface area contributed by atoms with Gasteiger partial charge in [0.15, 0.2) is 11.5 Å². The Morgan fingerprint density at radius 3 is 3.00 bits per heavy atom. The lowest BCUT2D eigenvalue weighted by Gasteiger charge is -2.04. The average molecular weight is 237 g/mol. The molecule has 0 saturated carbocycles. The molecule has 0 aliphatic carbocycles. The van der Waals surface area contributed by atoms with Crippen LogP contribution in [0.1, 0.15) is 11.4 Å². The summed E-state index contributed by atoms with van der Waals surface area (Å²) in [6.07, 6.45) is 1.76. The van der Waals surface area contributed by atoms with Gasteiger partial charge in [-0.2, -0.15) is 0 Å². The molecule has 0 fully saturated rings. The molecule has 0 aliphatic heterocycles. The lowest BCUT2D eigenvalue weighted by molar-refractivity contribution is -0.138. The van der Waals surface area contributed by atoms with E-state index in [0.717, 1.165) is 0 Å². The number of halogens is 1. The molecule has 5 nitrogen and oxygen atoms in total. The quantitative estimate of drug-likeness (QED) is 0.824. The Morgan fingerprint density at radius 1 is 1.71 bits per heavy atom. The molecule has 90 valence electrons. The van der Waals surface area contributed by atoms with Crippen LogP contribution in [-0.2, 0) is 11.2 Å². The number of nitrogens with zero attached hydrogens (tertiary/aromatic N) is 2. The molecule has 2 aromatic heterocycles. The van der Waals surface area contributed by atoms with E-state index < -0.39 is 17.8 Å². The highest BCUT2D eigenvalue weighted by atomic mass is 19.1. The Bertz CT molecular complexity index is 579. The second-order valence-electron chi connectivity index (χ2n) is 3.84. The maximum Gasteiger partial charge on any atom is 0.320 e. The number of nitrogens with two attached hydrogens (primary N) is 1. The molecule has 2 rings (SSSR count). The molecule has 1 unspecified atom stereocenters. The van der Waals surface area contributed by atoms with Gasteiger partial charge in [0.1, 0.15) is 6.04 Å². The molecule has 0 aromatic carbocycles. The van der Waals surface area contributed by atoms with Gasteiger partial charge in [-0.15, -0.1) is 0 Å². The summed E-state index contributed by atoms with van der Waals surface area (Å²) in [4.78, 5) is 14.7. The van der Waals surface area contributed by atoms with Crippen molar-refractivity contribution in [2.75, 3.05) is 0 Å². The normalized spacial score (nSPS) is 12.9. The second-order valence-corrected chi connectivity index (χ2v) is 3.84. The third-order valence-corrected chi connectivity index (χ3v) is 2.67. The molecule has 6 heteroatoms. The fraction of sp³-hybridized carbons (Fsp3) is 0.273. The van der Waals surface area contributed by atoms with Crippen molar-refractivity contribution in [2.24, 2.45) is 5.73 Å².